The van der Waals surface area contributed by atoms with Crippen LogP contribution in [0.25, 0.3) is 0 Å². The van der Waals surface area contributed by atoms with Crippen molar-refractivity contribution >= 4 is 39.0 Å². The first-order valence-electron chi connectivity index (χ1n) is 8.09. The minimum atomic E-state index is -3.01. The number of halogens is 1. The van der Waals surface area contributed by atoms with Gasteiger partial charge < -0.3 is 10.2 Å². The lowest BCUT2D eigenvalue weighted by Gasteiger charge is -2.23. The summed E-state index contributed by atoms with van der Waals surface area (Å²) >= 11 is 6.07. The van der Waals surface area contributed by atoms with Crippen molar-refractivity contribution in [3.05, 3.63) is 46.7 Å². The molecule has 3 rings (SSSR count). The third-order valence-corrected chi connectivity index (χ3v) is 6.53. The third-order valence-electron chi connectivity index (χ3n) is 4.38. The molecule has 0 aliphatic carbocycles. The van der Waals surface area contributed by atoms with Crippen LogP contribution in [-0.2, 0) is 9.84 Å². The fraction of sp³-hybridized carbons (Fsp3) is 0.353. The largest absolute Gasteiger partial charge is 0.340 e. The van der Waals surface area contributed by atoms with Crippen molar-refractivity contribution < 1.29 is 13.2 Å². The SMILES string of the molecule is Cc1ccc(NC(=O)c2ccnc(N(C)C3CCS(=O)(=O)C3)n2)cc1Cl. The minimum Gasteiger partial charge on any atom is -0.340 e. The number of hydrogen-bond acceptors (Lipinski definition) is 6. The first-order valence-corrected chi connectivity index (χ1v) is 10.3. The highest BCUT2D eigenvalue weighted by molar-refractivity contribution is 7.91. The van der Waals surface area contributed by atoms with Crippen molar-refractivity contribution in [1.82, 2.24) is 9.97 Å². The zero-order valence-corrected chi connectivity index (χ0v) is 16.0. The molecule has 26 heavy (non-hydrogen) atoms. The normalized spacial score (nSPS) is 18.5. The van der Waals surface area contributed by atoms with Gasteiger partial charge in [0, 0.05) is 30.0 Å². The average Bonchev–Trinajstić information content (AvgIpc) is 2.97. The standard InChI is InChI=1S/C17H19ClN4O3S/c1-11-3-4-12(9-14(11)18)20-16(23)15-5-7-19-17(21-15)22(2)13-6-8-26(24,25)10-13/h3-5,7,9,13H,6,8,10H2,1-2H3,(H,20,23). The molecule has 1 fully saturated rings. The molecule has 2 aromatic rings. The molecule has 0 bridgehead atoms. The maximum atomic E-state index is 12.5. The topological polar surface area (TPSA) is 92.3 Å². The lowest BCUT2D eigenvalue weighted by molar-refractivity contribution is 0.102. The molecule has 0 spiro atoms. The van der Waals surface area contributed by atoms with Crippen LogP contribution >= 0.6 is 11.6 Å². The van der Waals surface area contributed by atoms with E-state index in [-0.39, 0.29) is 29.1 Å². The van der Waals surface area contributed by atoms with Gasteiger partial charge in [-0.2, -0.15) is 0 Å². The fourth-order valence-corrected chi connectivity index (χ4v) is 4.71. The number of hydrogen-bond donors (Lipinski definition) is 1. The molecule has 1 aromatic carbocycles. The molecule has 0 radical (unpaired) electrons. The van der Waals surface area contributed by atoms with E-state index in [1.165, 1.54) is 12.3 Å². The summed E-state index contributed by atoms with van der Waals surface area (Å²) in [5.41, 5.74) is 1.68. The number of aromatic nitrogens is 2. The van der Waals surface area contributed by atoms with Crippen LogP contribution in [0.4, 0.5) is 11.6 Å². The number of nitrogens with zero attached hydrogens (tertiary/aromatic N) is 3. The average molecular weight is 395 g/mol. The van der Waals surface area contributed by atoms with Crippen LogP contribution in [0.3, 0.4) is 0 Å². The quantitative estimate of drug-likeness (QED) is 0.855. The molecule has 1 amide bonds. The lowest BCUT2D eigenvalue weighted by atomic mass is 10.2. The number of rotatable bonds is 4. The second-order valence-electron chi connectivity index (χ2n) is 6.33. The van der Waals surface area contributed by atoms with E-state index in [9.17, 15) is 13.2 Å². The highest BCUT2D eigenvalue weighted by atomic mass is 35.5. The Morgan fingerprint density at radius 2 is 2.12 bits per heavy atom. The number of carbonyl (C=O) groups excluding carboxylic acids is 1. The van der Waals surface area contributed by atoms with Crippen molar-refractivity contribution in [3.8, 4) is 0 Å². The zero-order valence-electron chi connectivity index (χ0n) is 14.4. The van der Waals surface area contributed by atoms with E-state index in [2.05, 4.69) is 15.3 Å². The number of anilines is 2. The van der Waals surface area contributed by atoms with Gasteiger partial charge >= 0.3 is 0 Å². The summed E-state index contributed by atoms with van der Waals surface area (Å²) in [5.74, 6) is 0.171. The summed E-state index contributed by atoms with van der Waals surface area (Å²) in [6.07, 6.45) is 2.01. The Labute approximate surface area is 157 Å². The van der Waals surface area contributed by atoms with E-state index in [4.69, 9.17) is 11.6 Å². The number of benzene rings is 1. The summed E-state index contributed by atoms with van der Waals surface area (Å²) in [7, 11) is -1.27. The molecule has 1 aromatic heterocycles. The van der Waals surface area contributed by atoms with E-state index in [1.807, 2.05) is 13.0 Å². The van der Waals surface area contributed by atoms with E-state index < -0.39 is 9.84 Å². The van der Waals surface area contributed by atoms with Gasteiger partial charge in [0.2, 0.25) is 5.95 Å². The smallest absolute Gasteiger partial charge is 0.274 e. The molecule has 7 nitrogen and oxygen atoms in total. The molecule has 1 N–H and O–H groups in total. The molecular formula is C17H19ClN4O3S. The molecule has 9 heteroatoms. The third kappa shape index (κ3) is 4.13. The number of sulfone groups is 1. The zero-order chi connectivity index (χ0) is 18.9. The first-order chi connectivity index (χ1) is 12.2. The van der Waals surface area contributed by atoms with Crippen molar-refractivity contribution in [3.63, 3.8) is 0 Å². The first kappa shape index (κ1) is 18.6. The Morgan fingerprint density at radius 1 is 1.35 bits per heavy atom. The van der Waals surface area contributed by atoms with Crippen LogP contribution in [-0.4, -0.2) is 48.9 Å². The molecule has 0 saturated carbocycles. The molecule has 1 aliphatic rings. The van der Waals surface area contributed by atoms with Gasteiger partial charge in [0.25, 0.3) is 5.91 Å². The van der Waals surface area contributed by atoms with Crippen molar-refractivity contribution in [2.45, 2.75) is 19.4 Å². The van der Waals surface area contributed by atoms with Gasteiger partial charge in [-0.3, -0.25) is 4.79 Å². The van der Waals surface area contributed by atoms with Gasteiger partial charge in [0.15, 0.2) is 9.84 Å². The number of aryl methyl sites for hydroxylation is 1. The monoisotopic (exact) mass is 394 g/mol. The second kappa shape index (κ2) is 7.20. The Balaban J connectivity index is 1.76. The van der Waals surface area contributed by atoms with Gasteiger partial charge in [-0.25, -0.2) is 18.4 Å². The summed E-state index contributed by atoms with van der Waals surface area (Å²) < 4.78 is 23.3. The van der Waals surface area contributed by atoms with Crippen molar-refractivity contribution in [2.75, 3.05) is 28.8 Å². The summed E-state index contributed by atoms with van der Waals surface area (Å²) in [6.45, 7) is 1.88. The van der Waals surface area contributed by atoms with Gasteiger partial charge in [-0.1, -0.05) is 17.7 Å². The highest BCUT2D eigenvalue weighted by Gasteiger charge is 2.31. The van der Waals surface area contributed by atoms with Gasteiger partial charge in [-0.05, 0) is 37.1 Å². The van der Waals surface area contributed by atoms with Gasteiger partial charge in [-0.15, -0.1) is 0 Å². The predicted octanol–water partition coefficient (Wildman–Crippen LogP) is 2.31. The molecule has 1 atom stereocenters. The molecule has 1 aliphatic heterocycles. The maximum Gasteiger partial charge on any atom is 0.274 e. The summed E-state index contributed by atoms with van der Waals surface area (Å²) in [6, 6.07) is 6.57. The van der Waals surface area contributed by atoms with Gasteiger partial charge in [0.1, 0.15) is 5.69 Å². The Morgan fingerprint density at radius 3 is 2.77 bits per heavy atom. The number of amides is 1. The second-order valence-corrected chi connectivity index (χ2v) is 8.96. The van der Waals surface area contributed by atoms with Gasteiger partial charge in [0.05, 0.1) is 11.5 Å². The Kier molecular flexibility index (Phi) is 5.15. The van der Waals surface area contributed by atoms with Crippen molar-refractivity contribution in [1.29, 1.82) is 0 Å². The van der Waals surface area contributed by atoms with E-state index >= 15 is 0 Å². The molecule has 138 valence electrons. The van der Waals surface area contributed by atoms with E-state index in [0.717, 1.165) is 5.56 Å². The van der Waals surface area contributed by atoms with Crippen LogP contribution in [0.2, 0.25) is 5.02 Å². The lowest BCUT2D eigenvalue weighted by Crippen LogP contribution is -2.34. The van der Waals surface area contributed by atoms with Crippen LogP contribution < -0.4 is 10.2 Å². The van der Waals surface area contributed by atoms with E-state index in [1.54, 1.807) is 24.1 Å². The Bertz CT molecular complexity index is 949. The van der Waals surface area contributed by atoms with E-state index in [0.29, 0.717) is 23.1 Å². The van der Waals surface area contributed by atoms with Crippen LogP contribution in [0.1, 0.15) is 22.5 Å². The predicted molar refractivity (Wildman–Crippen MR) is 102 cm³/mol. The fourth-order valence-electron chi connectivity index (χ4n) is 2.75. The number of carbonyl (C=O) groups is 1. The van der Waals surface area contributed by atoms with Crippen LogP contribution in [0.15, 0.2) is 30.5 Å². The molecule has 2 heterocycles. The van der Waals surface area contributed by atoms with Crippen molar-refractivity contribution in [2.24, 2.45) is 0 Å². The summed E-state index contributed by atoms with van der Waals surface area (Å²) in [5, 5.41) is 3.31. The molecule has 1 saturated heterocycles. The van der Waals surface area contributed by atoms with Crippen LogP contribution in [0, 0.1) is 6.92 Å². The summed E-state index contributed by atoms with van der Waals surface area (Å²) in [4.78, 5) is 22.6. The number of nitrogens with one attached hydrogen (secondary N) is 1. The highest BCUT2D eigenvalue weighted by Crippen LogP contribution is 2.22. The Hall–Kier alpha value is -2.19. The molecule has 1 unspecified atom stereocenters. The molecular weight excluding hydrogens is 376 g/mol. The van der Waals surface area contributed by atoms with Crippen LogP contribution in [0.5, 0.6) is 0 Å². The minimum absolute atomic E-state index is 0.0746. The maximum absolute atomic E-state index is 12.5.